The molecule has 0 aliphatic rings. The van der Waals surface area contributed by atoms with Gasteiger partial charge in [0.2, 0.25) is 10.0 Å². The summed E-state index contributed by atoms with van der Waals surface area (Å²) in [5.74, 6) is -0.137. The smallest absolute Gasteiger partial charge is 0.261 e. The number of hydrogen-bond donors (Lipinski definition) is 2. The summed E-state index contributed by atoms with van der Waals surface area (Å²) in [6.07, 6.45) is 4.08. The normalized spacial score (nSPS) is 11.6. The molecular weight excluding hydrogens is 296 g/mol. The number of hydrogen-bond acceptors (Lipinski definition) is 4. The van der Waals surface area contributed by atoms with Crippen LogP contribution in [-0.4, -0.2) is 33.7 Å². The first kappa shape index (κ1) is 17.1. The van der Waals surface area contributed by atoms with Gasteiger partial charge in [-0.3, -0.25) is 4.79 Å². The Kier molecular flexibility index (Phi) is 6.64. The summed E-state index contributed by atoms with van der Waals surface area (Å²) >= 11 is 1.53. The summed E-state index contributed by atoms with van der Waals surface area (Å²) in [5, 5.41) is 2.72. The molecule has 20 heavy (non-hydrogen) atoms. The van der Waals surface area contributed by atoms with Crippen LogP contribution in [0.5, 0.6) is 0 Å². The highest BCUT2D eigenvalue weighted by Gasteiger charge is 2.13. The highest BCUT2D eigenvalue weighted by atomic mass is 32.2. The van der Waals surface area contributed by atoms with Gasteiger partial charge in [0.05, 0.1) is 11.1 Å². The molecule has 0 atom stereocenters. The summed E-state index contributed by atoms with van der Waals surface area (Å²) in [7, 11) is -3.20. The summed E-state index contributed by atoms with van der Waals surface area (Å²) in [5.41, 5.74) is 1.23. The lowest BCUT2D eigenvalue weighted by Crippen LogP contribution is -2.33. The van der Waals surface area contributed by atoms with Crippen molar-refractivity contribution in [2.45, 2.75) is 33.1 Å². The van der Waals surface area contributed by atoms with E-state index >= 15 is 0 Å². The number of carbonyl (C=O) groups excluding carboxylic acids is 1. The molecule has 0 radical (unpaired) electrons. The van der Waals surface area contributed by atoms with E-state index < -0.39 is 10.0 Å². The molecule has 0 aromatic carbocycles. The van der Waals surface area contributed by atoms with Crippen molar-refractivity contribution in [2.24, 2.45) is 0 Å². The Morgan fingerprint density at radius 2 is 2.00 bits per heavy atom. The third kappa shape index (κ3) is 5.60. The second-order valence-corrected chi connectivity index (χ2v) is 7.55. The van der Waals surface area contributed by atoms with Gasteiger partial charge in [-0.05, 0) is 24.5 Å². The van der Waals surface area contributed by atoms with E-state index in [2.05, 4.69) is 23.9 Å². The minimum absolute atomic E-state index is 0.137. The van der Waals surface area contributed by atoms with Crippen molar-refractivity contribution in [3.63, 3.8) is 0 Å². The summed E-state index contributed by atoms with van der Waals surface area (Å²) in [6.45, 7) is 4.70. The maximum absolute atomic E-state index is 12.0. The highest BCUT2D eigenvalue weighted by molar-refractivity contribution is 7.88. The fourth-order valence-electron chi connectivity index (χ4n) is 1.82. The van der Waals surface area contributed by atoms with Gasteiger partial charge in [-0.25, -0.2) is 13.1 Å². The minimum atomic E-state index is -3.20. The van der Waals surface area contributed by atoms with E-state index in [0.29, 0.717) is 4.88 Å². The Hall–Kier alpha value is -0.920. The predicted octanol–water partition coefficient (Wildman–Crippen LogP) is 1.54. The van der Waals surface area contributed by atoms with Crippen molar-refractivity contribution in [2.75, 3.05) is 19.3 Å². The molecule has 0 saturated carbocycles. The topological polar surface area (TPSA) is 75.3 Å². The van der Waals surface area contributed by atoms with Crippen LogP contribution in [0.3, 0.4) is 0 Å². The largest absolute Gasteiger partial charge is 0.350 e. The molecule has 0 bridgehead atoms. The van der Waals surface area contributed by atoms with E-state index in [1.165, 1.54) is 21.8 Å². The van der Waals surface area contributed by atoms with Crippen molar-refractivity contribution in [1.29, 1.82) is 0 Å². The average molecular weight is 318 g/mol. The lowest BCUT2D eigenvalue weighted by molar-refractivity contribution is 0.0958. The fourth-order valence-corrected chi connectivity index (χ4v) is 3.56. The molecule has 0 unspecified atom stereocenters. The molecule has 1 rings (SSSR count). The van der Waals surface area contributed by atoms with Gasteiger partial charge < -0.3 is 5.32 Å². The lowest BCUT2D eigenvalue weighted by atomic mass is 10.1. The number of carbonyl (C=O) groups is 1. The zero-order valence-corrected chi connectivity index (χ0v) is 13.8. The molecule has 0 saturated heterocycles. The zero-order chi connectivity index (χ0) is 15.2. The molecule has 0 spiro atoms. The number of aryl methyl sites for hydroxylation is 2. The third-order valence-corrected chi connectivity index (χ3v) is 4.72. The van der Waals surface area contributed by atoms with Crippen molar-refractivity contribution < 1.29 is 13.2 Å². The summed E-state index contributed by atoms with van der Waals surface area (Å²) in [4.78, 5) is 13.9. The first-order chi connectivity index (χ1) is 9.37. The maximum atomic E-state index is 12.0. The molecule has 1 aromatic rings. The number of rotatable bonds is 8. The lowest BCUT2D eigenvalue weighted by Gasteiger charge is -2.03. The average Bonchev–Trinajstić information content (AvgIpc) is 2.77. The number of thiophene rings is 1. The second-order valence-electron chi connectivity index (χ2n) is 4.59. The van der Waals surface area contributed by atoms with E-state index in [0.717, 1.165) is 25.5 Å². The molecule has 7 heteroatoms. The SMILES string of the molecule is CCCc1sc(C(=O)NCCNS(C)(=O)=O)cc1CC. The van der Waals surface area contributed by atoms with Gasteiger partial charge in [-0.2, -0.15) is 0 Å². The van der Waals surface area contributed by atoms with E-state index in [1.807, 2.05) is 6.07 Å². The third-order valence-electron chi connectivity index (χ3n) is 2.75. The van der Waals surface area contributed by atoms with Crippen LogP contribution in [0.2, 0.25) is 0 Å². The van der Waals surface area contributed by atoms with Crippen LogP contribution in [0.15, 0.2) is 6.07 Å². The fraction of sp³-hybridized carbons (Fsp3) is 0.615. The Bertz CT molecular complexity index is 550. The van der Waals surface area contributed by atoms with Crippen LogP contribution in [0.1, 0.15) is 40.4 Å². The molecule has 1 aromatic heterocycles. The van der Waals surface area contributed by atoms with Crippen LogP contribution in [0, 0.1) is 0 Å². The van der Waals surface area contributed by atoms with E-state index in [1.54, 1.807) is 0 Å². The minimum Gasteiger partial charge on any atom is -0.350 e. The first-order valence-electron chi connectivity index (χ1n) is 6.71. The molecule has 0 aliphatic carbocycles. The van der Waals surface area contributed by atoms with Crippen molar-refractivity contribution in [1.82, 2.24) is 10.0 Å². The van der Waals surface area contributed by atoms with Crippen LogP contribution in [0.25, 0.3) is 0 Å². The summed E-state index contributed by atoms with van der Waals surface area (Å²) < 4.78 is 24.1. The summed E-state index contributed by atoms with van der Waals surface area (Å²) in [6, 6.07) is 1.94. The van der Waals surface area contributed by atoms with Gasteiger partial charge in [0.1, 0.15) is 0 Å². The molecule has 1 heterocycles. The van der Waals surface area contributed by atoms with Crippen LogP contribution < -0.4 is 10.0 Å². The van der Waals surface area contributed by atoms with E-state index in [4.69, 9.17) is 0 Å². The van der Waals surface area contributed by atoms with Crippen LogP contribution in [0.4, 0.5) is 0 Å². The van der Waals surface area contributed by atoms with Gasteiger partial charge >= 0.3 is 0 Å². The Morgan fingerprint density at radius 3 is 2.55 bits per heavy atom. The van der Waals surface area contributed by atoms with Crippen LogP contribution >= 0.6 is 11.3 Å². The van der Waals surface area contributed by atoms with Gasteiger partial charge in [-0.1, -0.05) is 20.3 Å². The van der Waals surface area contributed by atoms with Gasteiger partial charge in [0, 0.05) is 18.0 Å². The number of sulfonamides is 1. The molecular formula is C13H22N2O3S2. The second kappa shape index (κ2) is 7.75. The van der Waals surface area contributed by atoms with E-state index in [-0.39, 0.29) is 19.0 Å². The molecule has 0 aliphatic heterocycles. The maximum Gasteiger partial charge on any atom is 0.261 e. The van der Waals surface area contributed by atoms with Crippen LogP contribution in [-0.2, 0) is 22.9 Å². The quantitative estimate of drug-likeness (QED) is 0.714. The Balaban J connectivity index is 2.55. The van der Waals surface area contributed by atoms with E-state index in [9.17, 15) is 13.2 Å². The molecule has 0 fully saturated rings. The first-order valence-corrected chi connectivity index (χ1v) is 9.42. The van der Waals surface area contributed by atoms with Gasteiger partial charge in [0.25, 0.3) is 5.91 Å². The number of nitrogens with one attached hydrogen (secondary N) is 2. The van der Waals surface area contributed by atoms with Crippen molar-refractivity contribution in [3.05, 3.63) is 21.4 Å². The van der Waals surface area contributed by atoms with Gasteiger partial charge in [0.15, 0.2) is 0 Å². The van der Waals surface area contributed by atoms with Crippen molar-refractivity contribution >= 4 is 27.3 Å². The predicted molar refractivity (Wildman–Crippen MR) is 82.9 cm³/mol. The molecule has 114 valence electrons. The highest BCUT2D eigenvalue weighted by Crippen LogP contribution is 2.24. The molecule has 5 nitrogen and oxygen atoms in total. The number of amides is 1. The zero-order valence-electron chi connectivity index (χ0n) is 12.2. The standard InChI is InChI=1S/C13H22N2O3S2/c1-4-6-11-10(5-2)9-12(19-11)13(16)14-7-8-15-20(3,17)18/h9,15H,4-8H2,1-3H3,(H,14,16). The Labute approximate surface area is 124 Å². The molecule has 2 N–H and O–H groups in total. The Morgan fingerprint density at radius 1 is 1.30 bits per heavy atom. The van der Waals surface area contributed by atoms with Crippen molar-refractivity contribution in [3.8, 4) is 0 Å². The van der Waals surface area contributed by atoms with Gasteiger partial charge in [-0.15, -0.1) is 11.3 Å². The monoisotopic (exact) mass is 318 g/mol. The molecule has 1 amide bonds.